The molecule has 2 aromatic heterocycles. The van der Waals surface area contributed by atoms with Crippen molar-refractivity contribution in [3.8, 4) is 11.6 Å². The van der Waals surface area contributed by atoms with E-state index in [4.69, 9.17) is 4.74 Å². The summed E-state index contributed by atoms with van der Waals surface area (Å²) in [5.74, 6) is 1.96. The largest absolute Gasteiger partial charge is 0.494 e. The lowest BCUT2D eigenvalue weighted by Gasteiger charge is -2.10. The van der Waals surface area contributed by atoms with Crippen LogP contribution in [0.25, 0.3) is 5.82 Å². The van der Waals surface area contributed by atoms with Crippen LogP contribution in [-0.2, 0) is 10.0 Å². The molecule has 0 saturated heterocycles. The van der Waals surface area contributed by atoms with Crippen molar-refractivity contribution in [2.75, 3.05) is 25.0 Å². The van der Waals surface area contributed by atoms with Gasteiger partial charge in [0.15, 0.2) is 0 Å². The van der Waals surface area contributed by atoms with E-state index in [1.165, 1.54) is 6.33 Å². The van der Waals surface area contributed by atoms with Crippen LogP contribution in [-0.4, -0.2) is 47.6 Å². The molecule has 0 bridgehead atoms. The van der Waals surface area contributed by atoms with Gasteiger partial charge in [0.2, 0.25) is 10.0 Å². The van der Waals surface area contributed by atoms with Gasteiger partial charge in [-0.2, -0.15) is 0 Å². The maximum Gasteiger partial charge on any atom is 0.240 e. The second kappa shape index (κ2) is 10.4. The third kappa shape index (κ3) is 6.02. The highest BCUT2D eigenvalue weighted by molar-refractivity contribution is 7.89. The number of hydrogen-bond acceptors (Lipinski definition) is 7. The van der Waals surface area contributed by atoms with Gasteiger partial charge in [-0.1, -0.05) is 13.3 Å². The Balaban J connectivity index is 1.52. The minimum Gasteiger partial charge on any atom is -0.494 e. The average Bonchev–Trinajstić information content (AvgIpc) is 3.10. The Labute approximate surface area is 183 Å². The van der Waals surface area contributed by atoms with E-state index in [-0.39, 0.29) is 11.4 Å². The van der Waals surface area contributed by atoms with Gasteiger partial charge in [0, 0.05) is 24.8 Å². The van der Waals surface area contributed by atoms with Crippen LogP contribution in [0.4, 0.5) is 5.82 Å². The molecule has 0 fully saturated rings. The van der Waals surface area contributed by atoms with Gasteiger partial charge in [-0.15, -0.1) is 0 Å². The summed E-state index contributed by atoms with van der Waals surface area (Å²) < 4.78 is 35.0. The maximum absolute atomic E-state index is 12.5. The standard InChI is InChI=1S/C21H28N6O3S/c1-4-5-12-30-18-6-8-19(9-7-18)31(28,29)26-11-10-22-20-13-21(24-14-23-20)27-15-25-16(2)17(27)3/h6-9,13-15,26H,4-5,10-12H2,1-3H3,(H,22,23,24). The third-order valence-electron chi connectivity index (χ3n) is 4.78. The number of hydrogen-bond donors (Lipinski definition) is 2. The van der Waals surface area contributed by atoms with Gasteiger partial charge in [-0.3, -0.25) is 4.57 Å². The Bertz CT molecular complexity index is 1100. The maximum atomic E-state index is 12.5. The number of benzene rings is 1. The molecule has 2 N–H and O–H groups in total. The number of unbranched alkanes of at least 4 members (excludes halogenated alkanes) is 1. The third-order valence-corrected chi connectivity index (χ3v) is 6.25. The minimum absolute atomic E-state index is 0.200. The van der Waals surface area contributed by atoms with Crippen molar-refractivity contribution < 1.29 is 13.2 Å². The summed E-state index contributed by atoms with van der Waals surface area (Å²) >= 11 is 0. The minimum atomic E-state index is -3.60. The van der Waals surface area contributed by atoms with Gasteiger partial charge in [0.1, 0.15) is 30.0 Å². The molecule has 10 heteroatoms. The van der Waals surface area contributed by atoms with Crippen LogP contribution < -0.4 is 14.8 Å². The Morgan fingerprint density at radius 2 is 1.84 bits per heavy atom. The molecule has 1 aromatic carbocycles. The summed E-state index contributed by atoms with van der Waals surface area (Å²) in [5, 5.41) is 3.11. The summed E-state index contributed by atoms with van der Waals surface area (Å²) in [6, 6.07) is 8.22. The van der Waals surface area contributed by atoms with Crippen LogP contribution >= 0.6 is 0 Å². The first kappa shape index (κ1) is 22.7. The van der Waals surface area contributed by atoms with Crippen molar-refractivity contribution in [2.45, 2.75) is 38.5 Å². The van der Waals surface area contributed by atoms with Crippen LogP contribution in [0, 0.1) is 13.8 Å². The van der Waals surface area contributed by atoms with Crippen LogP contribution in [0.3, 0.4) is 0 Å². The normalized spacial score (nSPS) is 11.5. The monoisotopic (exact) mass is 444 g/mol. The summed E-state index contributed by atoms with van der Waals surface area (Å²) in [7, 11) is -3.60. The Hall–Kier alpha value is -2.98. The van der Waals surface area contributed by atoms with E-state index in [0.29, 0.717) is 30.5 Å². The second-order valence-electron chi connectivity index (χ2n) is 7.04. The first-order valence-electron chi connectivity index (χ1n) is 10.2. The highest BCUT2D eigenvalue weighted by Gasteiger charge is 2.13. The number of aryl methyl sites for hydroxylation is 1. The molecule has 0 aliphatic carbocycles. The van der Waals surface area contributed by atoms with Gasteiger partial charge in [-0.05, 0) is 44.5 Å². The Morgan fingerprint density at radius 3 is 2.52 bits per heavy atom. The SMILES string of the molecule is CCCCOc1ccc(S(=O)(=O)NCCNc2cc(-n3cnc(C)c3C)ncn2)cc1. The first-order valence-corrected chi connectivity index (χ1v) is 11.7. The Morgan fingerprint density at radius 1 is 1.06 bits per heavy atom. The quantitative estimate of drug-likeness (QED) is 0.438. The zero-order valence-corrected chi connectivity index (χ0v) is 18.8. The zero-order valence-electron chi connectivity index (χ0n) is 18.0. The second-order valence-corrected chi connectivity index (χ2v) is 8.81. The summed E-state index contributed by atoms with van der Waals surface area (Å²) in [6.45, 7) is 7.19. The molecular formula is C21H28N6O3S. The molecule has 0 aliphatic heterocycles. The number of imidazole rings is 1. The van der Waals surface area contributed by atoms with E-state index >= 15 is 0 Å². The molecule has 0 unspecified atom stereocenters. The molecule has 3 rings (SSSR count). The molecule has 3 aromatic rings. The number of rotatable bonds is 11. The van der Waals surface area contributed by atoms with Crippen LogP contribution in [0.5, 0.6) is 5.75 Å². The molecule has 0 radical (unpaired) electrons. The van der Waals surface area contributed by atoms with E-state index in [9.17, 15) is 8.42 Å². The first-order chi connectivity index (χ1) is 14.9. The van der Waals surface area contributed by atoms with Crippen LogP contribution in [0.1, 0.15) is 31.2 Å². The van der Waals surface area contributed by atoms with Crippen LogP contribution in [0.15, 0.2) is 47.9 Å². The van der Waals surface area contributed by atoms with Gasteiger partial charge in [0.05, 0.1) is 17.2 Å². The van der Waals surface area contributed by atoms with Crippen molar-refractivity contribution in [2.24, 2.45) is 0 Å². The van der Waals surface area contributed by atoms with Gasteiger partial charge >= 0.3 is 0 Å². The van der Waals surface area contributed by atoms with E-state index in [2.05, 4.69) is 31.9 Å². The number of sulfonamides is 1. The molecular weight excluding hydrogens is 416 g/mol. The molecule has 0 amide bonds. The van der Waals surface area contributed by atoms with Gasteiger partial charge in [-0.25, -0.2) is 28.1 Å². The number of ether oxygens (including phenoxy) is 1. The fourth-order valence-electron chi connectivity index (χ4n) is 2.81. The lowest BCUT2D eigenvalue weighted by molar-refractivity contribution is 0.309. The van der Waals surface area contributed by atoms with Crippen molar-refractivity contribution in [3.05, 3.63) is 54.4 Å². The zero-order chi connectivity index (χ0) is 22.3. The average molecular weight is 445 g/mol. The molecule has 0 aliphatic rings. The molecule has 9 nitrogen and oxygen atoms in total. The summed E-state index contributed by atoms with van der Waals surface area (Å²) in [5.41, 5.74) is 1.93. The number of aromatic nitrogens is 4. The Kier molecular flexibility index (Phi) is 7.59. The fourth-order valence-corrected chi connectivity index (χ4v) is 3.85. The molecule has 0 atom stereocenters. The van der Waals surface area contributed by atoms with Gasteiger partial charge in [0.25, 0.3) is 0 Å². The highest BCUT2D eigenvalue weighted by Crippen LogP contribution is 2.16. The summed E-state index contributed by atoms with van der Waals surface area (Å²) in [4.78, 5) is 12.9. The molecule has 166 valence electrons. The fraction of sp³-hybridized carbons (Fsp3) is 0.381. The van der Waals surface area contributed by atoms with Crippen molar-refractivity contribution in [1.29, 1.82) is 0 Å². The predicted octanol–water partition coefficient (Wildman–Crippen LogP) is 2.85. The van der Waals surface area contributed by atoms with E-state index in [0.717, 1.165) is 24.2 Å². The predicted molar refractivity (Wildman–Crippen MR) is 119 cm³/mol. The number of nitrogens with one attached hydrogen (secondary N) is 2. The van der Waals surface area contributed by atoms with Gasteiger partial charge < -0.3 is 10.1 Å². The molecule has 2 heterocycles. The van der Waals surface area contributed by atoms with E-state index < -0.39 is 10.0 Å². The van der Waals surface area contributed by atoms with Crippen LogP contribution in [0.2, 0.25) is 0 Å². The summed E-state index contributed by atoms with van der Waals surface area (Å²) in [6.07, 6.45) is 5.18. The molecule has 0 saturated carbocycles. The lowest BCUT2D eigenvalue weighted by atomic mass is 10.3. The smallest absolute Gasteiger partial charge is 0.240 e. The van der Waals surface area contributed by atoms with E-state index in [1.54, 1.807) is 36.7 Å². The lowest BCUT2D eigenvalue weighted by Crippen LogP contribution is -2.29. The number of anilines is 1. The number of nitrogens with zero attached hydrogens (tertiary/aromatic N) is 4. The van der Waals surface area contributed by atoms with Crippen molar-refractivity contribution in [1.82, 2.24) is 24.2 Å². The molecule has 0 spiro atoms. The highest BCUT2D eigenvalue weighted by atomic mass is 32.2. The topological polar surface area (TPSA) is 111 Å². The van der Waals surface area contributed by atoms with Crippen molar-refractivity contribution in [3.63, 3.8) is 0 Å². The molecule has 31 heavy (non-hydrogen) atoms. The van der Waals surface area contributed by atoms with Crippen molar-refractivity contribution >= 4 is 15.8 Å². The van der Waals surface area contributed by atoms with E-state index in [1.807, 2.05) is 18.4 Å².